The largest absolute Gasteiger partial charge is 0.493 e. The first-order valence-corrected chi connectivity index (χ1v) is 13.2. The summed E-state index contributed by atoms with van der Waals surface area (Å²) in [6.07, 6.45) is 1.41. The van der Waals surface area contributed by atoms with Crippen LogP contribution in [0.1, 0.15) is 31.8 Å². The molecular formula is C29H25N3O6S. The Bertz CT molecular complexity index is 1600. The van der Waals surface area contributed by atoms with Crippen molar-refractivity contribution in [3.05, 3.63) is 119 Å². The highest BCUT2D eigenvalue weighted by atomic mass is 32.2. The number of esters is 1. The SMILES string of the molecule is COc1cc(/C=N/NC(=O)c2ccc(NS(=O)(=O)c3ccc(C)cc3)cc2)ccc1OC(=O)c1ccccc1. The molecule has 0 spiro atoms. The van der Waals surface area contributed by atoms with Gasteiger partial charge in [0.2, 0.25) is 0 Å². The van der Waals surface area contributed by atoms with Crippen LogP contribution in [-0.4, -0.2) is 33.6 Å². The van der Waals surface area contributed by atoms with E-state index in [1.54, 1.807) is 60.7 Å². The predicted molar refractivity (Wildman–Crippen MR) is 148 cm³/mol. The molecular weight excluding hydrogens is 518 g/mol. The minimum absolute atomic E-state index is 0.142. The van der Waals surface area contributed by atoms with Crippen LogP contribution in [0, 0.1) is 6.92 Å². The number of benzene rings is 4. The highest BCUT2D eigenvalue weighted by Crippen LogP contribution is 2.28. The number of hydrogen-bond donors (Lipinski definition) is 2. The molecule has 2 N–H and O–H groups in total. The number of anilines is 1. The van der Waals surface area contributed by atoms with E-state index in [2.05, 4.69) is 15.2 Å². The molecule has 9 nitrogen and oxygen atoms in total. The molecule has 0 saturated carbocycles. The second-order valence-electron chi connectivity index (χ2n) is 8.36. The van der Waals surface area contributed by atoms with Gasteiger partial charge in [0.05, 0.1) is 23.8 Å². The Kier molecular flexibility index (Phi) is 8.37. The van der Waals surface area contributed by atoms with Crippen LogP contribution >= 0.6 is 0 Å². The number of aryl methyl sites for hydroxylation is 1. The molecule has 0 unspecified atom stereocenters. The molecule has 0 fully saturated rings. The number of methoxy groups -OCH3 is 1. The standard InChI is InChI=1S/C29H25N3O6S/c1-20-8-15-25(16-9-20)39(35,36)32-24-13-11-22(12-14-24)28(33)31-30-19-21-10-17-26(27(18-21)37-2)38-29(34)23-6-4-3-5-7-23/h3-19,32H,1-2H3,(H,31,33)/b30-19+. The van der Waals surface area contributed by atoms with E-state index in [9.17, 15) is 18.0 Å². The molecule has 0 aliphatic rings. The molecule has 1 amide bonds. The normalized spacial score (nSPS) is 11.1. The van der Waals surface area contributed by atoms with E-state index in [1.807, 2.05) is 6.92 Å². The number of ether oxygens (including phenoxy) is 2. The average Bonchev–Trinajstić information content (AvgIpc) is 2.94. The average molecular weight is 544 g/mol. The van der Waals surface area contributed by atoms with E-state index in [0.717, 1.165) is 5.56 Å². The van der Waals surface area contributed by atoms with Crippen LogP contribution in [0.2, 0.25) is 0 Å². The molecule has 4 aromatic rings. The molecule has 0 saturated heterocycles. The van der Waals surface area contributed by atoms with Crippen LogP contribution in [0.25, 0.3) is 0 Å². The minimum Gasteiger partial charge on any atom is -0.493 e. The van der Waals surface area contributed by atoms with Crippen molar-refractivity contribution in [1.29, 1.82) is 0 Å². The minimum atomic E-state index is -3.75. The van der Waals surface area contributed by atoms with Crippen molar-refractivity contribution in [3.8, 4) is 11.5 Å². The van der Waals surface area contributed by atoms with Crippen LogP contribution in [0.3, 0.4) is 0 Å². The fourth-order valence-corrected chi connectivity index (χ4v) is 4.49. The van der Waals surface area contributed by atoms with Crippen molar-refractivity contribution in [2.45, 2.75) is 11.8 Å². The number of nitrogens with one attached hydrogen (secondary N) is 2. The van der Waals surface area contributed by atoms with Gasteiger partial charge in [-0.05, 0) is 79.2 Å². The third kappa shape index (κ3) is 7.08. The van der Waals surface area contributed by atoms with Crippen LogP contribution in [-0.2, 0) is 10.0 Å². The first kappa shape index (κ1) is 27.1. The molecule has 4 aromatic carbocycles. The molecule has 0 atom stereocenters. The van der Waals surface area contributed by atoms with Gasteiger partial charge in [-0.15, -0.1) is 0 Å². The van der Waals surface area contributed by atoms with Crippen LogP contribution < -0.4 is 19.6 Å². The summed E-state index contributed by atoms with van der Waals surface area (Å²) in [5, 5.41) is 3.96. The van der Waals surface area contributed by atoms with Crippen LogP contribution in [0.5, 0.6) is 11.5 Å². The molecule has 0 bridgehead atoms. The van der Waals surface area contributed by atoms with E-state index in [1.165, 1.54) is 49.7 Å². The number of amides is 1. The van der Waals surface area contributed by atoms with Crippen LogP contribution in [0.15, 0.2) is 107 Å². The van der Waals surface area contributed by atoms with Crippen molar-refractivity contribution in [1.82, 2.24) is 5.43 Å². The summed E-state index contributed by atoms with van der Waals surface area (Å²) in [5.41, 5.74) is 4.97. The number of carbonyl (C=O) groups is 2. The van der Waals surface area contributed by atoms with Crippen molar-refractivity contribution in [2.24, 2.45) is 5.10 Å². The predicted octanol–water partition coefficient (Wildman–Crippen LogP) is 4.79. The van der Waals surface area contributed by atoms with E-state index in [0.29, 0.717) is 22.6 Å². The smallest absolute Gasteiger partial charge is 0.343 e. The molecule has 0 aromatic heterocycles. The molecule has 0 aliphatic carbocycles. The summed E-state index contributed by atoms with van der Waals surface area (Å²) < 4.78 is 38.3. The Hall–Kier alpha value is -4.96. The van der Waals surface area contributed by atoms with Gasteiger partial charge in [0, 0.05) is 11.3 Å². The number of rotatable bonds is 9. The Morgan fingerprint density at radius 3 is 2.18 bits per heavy atom. The monoisotopic (exact) mass is 543 g/mol. The summed E-state index contributed by atoms with van der Waals surface area (Å²) >= 11 is 0. The summed E-state index contributed by atoms with van der Waals surface area (Å²) in [5.74, 6) is -0.444. The summed E-state index contributed by atoms with van der Waals surface area (Å²) in [6, 6.07) is 25.8. The third-order valence-electron chi connectivity index (χ3n) is 5.51. The van der Waals surface area contributed by atoms with Gasteiger partial charge in [0.1, 0.15) is 0 Å². The lowest BCUT2D eigenvalue weighted by atomic mass is 10.2. The van der Waals surface area contributed by atoms with E-state index in [4.69, 9.17) is 9.47 Å². The van der Waals surface area contributed by atoms with Gasteiger partial charge < -0.3 is 9.47 Å². The third-order valence-corrected chi connectivity index (χ3v) is 6.91. The molecule has 39 heavy (non-hydrogen) atoms. The number of sulfonamides is 1. The number of nitrogens with zero attached hydrogens (tertiary/aromatic N) is 1. The summed E-state index contributed by atoms with van der Waals surface area (Å²) in [6.45, 7) is 1.87. The quantitative estimate of drug-likeness (QED) is 0.135. The van der Waals surface area contributed by atoms with Crippen molar-refractivity contribution >= 4 is 33.8 Å². The van der Waals surface area contributed by atoms with E-state index >= 15 is 0 Å². The number of carbonyl (C=O) groups excluding carboxylic acids is 2. The highest BCUT2D eigenvalue weighted by Gasteiger charge is 2.15. The fourth-order valence-electron chi connectivity index (χ4n) is 3.43. The summed E-state index contributed by atoms with van der Waals surface area (Å²) in [4.78, 5) is 24.9. The zero-order valence-electron chi connectivity index (χ0n) is 21.1. The second kappa shape index (κ2) is 12.1. The maximum Gasteiger partial charge on any atom is 0.343 e. The molecule has 0 heterocycles. The van der Waals surface area contributed by atoms with Gasteiger partial charge in [-0.3, -0.25) is 9.52 Å². The Labute approximate surface area is 226 Å². The lowest BCUT2D eigenvalue weighted by molar-refractivity contribution is 0.0729. The molecule has 4 rings (SSSR count). The second-order valence-corrected chi connectivity index (χ2v) is 10.0. The van der Waals surface area contributed by atoms with Crippen molar-refractivity contribution in [3.63, 3.8) is 0 Å². The van der Waals surface area contributed by atoms with E-state index < -0.39 is 21.9 Å². The maximum absolute atomic E-state index is 12.5. The van der Waals surface area contributed by atoms with E-state index in [-0.39, 0.29) is 16.2 Å². The lowest BCUT2D eigenvalue weighted by Crippen LogP contribution is -2.18. The van der Waals surface area contributed by atoms with Crippen molar-refractivity contribution in [2.75, 3.05) is 11.8 Å². The Morgan fingerprint density at radius 2 is 1.51 bits per heavy atom. The van der Waals surface area contributed by atoms with Gasteiger partial charge in [0.15, 0.2) is 11.5 Å². The molecule has 0 radical (unpaired) electrons. The topological polar surface area (TPSA) is 123 Å². The Morgan fingerprint density at radius 1 is 0.821 bits per heavy atom. The first-order chi connectivity index (χ1) is 18.7. The maximum atomic E-state index is 12.5. The number of hydrazone groups is 1. The summed E-state index contributed by atoms with van der Waals surface area (Å²) in [7, 11) is -2.30. The highest BCUT2D eigenvalue weighted by molar-refractivity contribution is 7.92. The lowest BCUT2D eigenvalue weighted by Gasteiger charge is -2.10. The molecule has 198 valence electrons. The van der Waals surface area contributed by atoms with Gasteiger partial charge in [-0.25, -0.2) is 18.6 Å². The van der Waals surface area contributed by atoms with Gasteiger partial charge >= 0.3 is 5.97 Å². The number of hydrogen-bond acceptors (Lipinski definition) is 7. The Balaban J connectivity index is 1.36. The fraction of sp³-hybridized carbons (Fsp3) is 0.0690. The zero-order chi connectivity index (χ0) is 27.8. The molecule has 10 heteroatoms. The van der Waals surface area contributed by atoms with Gasteiger partial charge in [-0.1, -0.05) is 35.9 Å². The van der Waals surface area contributed by atoms with Crippen molar-refractivity contribution < 1.29 is 27.5 Å². The van der Waals surface area contributed by atoms with Gasteiger partial charge in [0.25, 0.3) is 15.9 Å². The molecule has 0 aliphatic heterocycles. The van der Waals surface area contributed by atoms with Gasteiger partial charge in [-0.2, -0.15) is 5.10 Å². The zero-order valence-corrected chi connectivity index (χ0v) is 21.9. The first-order valence-electron chi connectivity index (χ1n) is 11.7. The van der Waals surface area contributed by atoms with Crippen LogP contribution in [0.4, 0.5) is 5.69 Å².